The summed E-state index contributed by atoms with van der Waals surface area (Å²) >= 11 is 0. The number of nitrogens with one attached hydrogen (secondary N) is 1. The lowest BCUT2D eigenvalue weighted by Gasteiger charge is -2.28. The Hall–Kier alpha value is -2.40. The average molecular weight is 368 g/mol. The second kappa shape index (κ2) is 6.97. The Morgan fingerprint density at radius 2 is 2.00 bits per heavy atom. The summed E-state index contributed by atoms with van der Waals surface area (Å²) in [6, 6.07) is 15.1. The molecule has 2 aromatic rings. The molecule has 2 aliphatic rings. The molecule has 1 saturated heterocycles. The molecule has 0 spiro atoms. The van der Waals surface area contributed by atoms with Crippen LogP contribution in [0.4, 0.5) is 9.18 Å². The van der Waals surface area contributed by atoms with E-state index < -0.39 is 11.5 Å². The van der Waals surface area contributed by atoms with Crippen molar-refractivity contribution in [3.05, 3.63) is 71.0 Å². The van der Waals surface area contributed by atoms with E-state index in [-0.39, 0.29) is 11.7 Å². The van der Waals surface area contributed by atoms with Gasteiger partial charge in [0, 0.05) is 18.5 Å². The molecule has 0 aromatic heterocycles. The fraction of sp³-hybridized carbons (Fsp3) is 0.409. The molecule has 1 aliphatic heterocycles. The van der Waals surface area contributed by atoms with Crippen molar-refractivity contribution in [1.29, 1.82) is 0 Å². The Morgan fingerprint density at radius 1 is 1.22 bits per heavy atom. The molecule has 4 rings (SSSR count). The predicted octanol–water partition coefficient (Wildman–Crippen LogP) is 3.79. The van der Waals surface area contributed by atoms with Crippen molar-refractivity contribution >= 4 is 6.09 Å². The minimum Gasteiger partial charge on any atom is -0.465 e. The van der Waals surface area contributed by atoms with Gasteiger partial charge in [-0.3, -0.25) is 0 Å². The molecule has 4 nitrogen and oxygen atoms in total. The number of halogens is 1. The first-order valence-electron chi connectivity index (χ1n) is 9.52. The van der Waals surface area contributed by atoms with Crippen LogP contribution in [0.1, 0.15) is 23.1 Å². The number of benzene rings is 2. The van der Waals surface area contributed by atoms with Gasteiger partial charge in [0.25, 0.3) is 0 Å². The zero-order valence-corrected chi connectivity index (χ0v) is 15.5. The van der Waals surface area contributed by atoms with Gasteiger partial charge in [0.15, 0.2) is 0 Å². The van der Waals surface area contributed by atoms with Gasteiger partial charge in [0.05, 0.1) is 0 Å². The second-order valence-electron chi connectivity index (χ2n) is 7.81. The normalized spacial score (nSPS) is 26.3. The van der Waals surface area contributed by atoms with E-state index in [0.29, 0.717) is 30.1 Å². The van der Waals surface area contributed by atoms with Crippen molar-refractivity contribution in [3.8, 4) is 0 Å². The first-order valence-corrected chi connectivity index (χ1v) is 9.52. The molecule has 0 radical (unpaired) electrons. The molecule has 142 valence electrons. The zero-order chi connectivity index (χ0) is 19.0. The lowest BCUT2D eigenvalue weighted by Crippen LogP contribution is -2.38. The Balaban J connectivity index is 1.69. The van der Waals surface area contributed by atoms with Crippen LogP contribution in [0.3, 0.4) is 0 Å². The number of carboxylic acid groups (broad SMARTS) is 1. The maximum atomic E-state index is 15.1. The van der Waals surface area contributed by atoms with Gasteiger partial charge < -0.3 is 15.3 Å². The smallest absolute Gasteiger partial charge is 0.407 e. The number of amides is 1. The van der Waals surface area contributed by atoms with Gasteiger partial charge in [-0.05, 0) is 55.0 Å². The van der Waals surface area contributed by atoms with Gasteiger partial charge in [0.1, 0.15) is 5.82 Å². The highest BCUT2D eigenvalue weighted by atomic mass is 19.1. The number of aryl methyl sites for hydroxylation is 1. The summed E-state index contributed by atoms with van der Waals surface area (Å²) in [5.41, 5.74) is 1.81. The van der Waals surface area contributed by atoms with Crippen molar-refractivity contribution in [1.82, 2.24) is 10.2 Å². The number of fused-ring (bicyclic) bond motifs is 1. The third-order valence-corrected chi connectivity index (χ3v) is 6.33. The van der Waals surface area contributed by atoms with Crippen molar-refractivity contribution in [3.63, 3.8) is 0 Å². The van der Waals surface area contributed by atoms with Gasteiger partial charge >= 0.3 is 6.09 Å². The zero-order valence-electron chi connectivity index (χ0n) is 15.5. The Kier molecular flexibility index (Phi) is 4.64. The molecule has 0 unspecified atom stereocenters. The highest BCUT2D eigenvalue weighted by molar-refractivity contribution is 5.65. The summed E-state index contributed by atoms with van der Waals surface area (Å²) in [5.74, 6) is 0.421. The largest absolute Gasteiger partial charge is 0.465 e. The van der Waals surface area contributed by atoms with Crippen LogP contribution in [0.5, 0.6) is 0 Å². The Labute approximate surface area is 159 Å². The molecule has 2 fully saturated rings. The van der Waals surface area contributed by atoms with Crippen LogP contribution < -0.4 is 5.32 Å². The van der Waals surface area contributed by atoms with Crippen LogP contribution in [0.2, 0.25) is 0 Å². The molecule has 1 aliphatic carbocycles. The van der Waals surface area contributed by atoms with E-state index in [0.717, 1.165) is 25.1 Å². The molecule has 27 heavy (non-hydrogen) atoms. The van der Waals surface area contributed by atoms with E-state index >= 15 is 4.39 Å². The van der Waals surface area contributed by atoms with Crippen molar-refractivity contribution in [2.45, 2.75) is 25.3 Å². The minimum atomic E-state index is -0.956. The van der Waals surface area contributed by atoms with Crippen LogP contribution >= 0.6 is 0 Å². The molecular weight excluding hydrogens is 343 g/mol. The minimum absolute atomic E-state index is 0.183. The van der Waals surface area contributed by atoms with Gasteiger partial charge in [-0.15, -0.1) is 0 Å². The van der Waals surface area contributed by atoms with E-state index in [1.54, 1.807) is 13.0 Å². The molecule has 0 bridgehead atoms. The summed E-state index contributed by atoms with van der Waals surface area (Å²) in [6.45, 7) is 4.14. The molecule has 3 atom stereocenters. The van der Waals surface area contributed by atoms with Crippen molar-refractivity contribution in [2.24, 2.45) is 11.8 Å². The first-order chi connectivity index (χ1) is 13.0. The predicted molar refractivity (Wildman–Crippen MR) is 102 cm³/mol. The van der Waals surface area contributed by atoms with Gasteiger partial charge in [0.2, 0.25) is 0 Å². The van der Waals surface area contributed by atoms with Crippen LogP contribution in [0.25, 0.3) is 0 Å². The number of hydrogen-bond acceptors (Lipinski definition) is 2. The number of piperidine rings is 1. The van der Waals surface area contributed by atoms with Gasteiger partial charge in [-0.1, -0.05) is 48.5 Å². The first kappa shape index (κ1) is 18.0. The van der Waals surface area contributed by atoms with E-state index in [4.69, 9.17) is 0 Å². The van der Waals surface area contributed by atoms with Crippen LogP contribution in [0, 0.1) is 24.6 Å². The van der Waals surface area contributed by atoms with E-state index in [2.05, 4.69) is 5.32 Å². The maximum Gasteiger partial charge on any atom is 0.407 e. The van der Waals surface area contributed by atoms with Crippen LogP contribution in [-0.2, 0) is 12.0 Å². The lowest BCUT2D eigenvalue weighted by molar-refractivity contribution is 0.134. The third-order valence-electron chi connectivity index (χ3n) is 6.33. The number of nitrogens with zero attached hydrogens (tertiary/aromatic N) is 1. The number of carbonyl (C=O) groups is 1. The average Bonchev–Trinajstić information content (AvgIpc) is 3.32. The standard InChI is InChI=1S/C22H25FN2O2/c1-15-6-5-9-18(20(15)23)22(17-10-11-24-12-19(17)22)14-25(21(26)27)13-16-7-3-2-4-8-16/h2-9,17,19,24H,10-14H2,1H3,(H,26,27)/t17-,19+,22-/m1/s1. The fourth-order valence-corrected chi connectivity index (χ4v) is 4.94. The second-order valence-corrected chi connectivity index (χ2v) is 7.81. The Bertz CT molecular complexity index is 827. The molecule has 1 amide bonds. The monoisotopic (exact) mass is 368 g/mol. The topological polar surface area (TPSA) is 52.6 Å². The highest BCUT2D eigenvalue weighted by Gasteiger charge is 2.66. The SMILES string of the molecule is Cc1cccc([C@@]2(CN(Cc3ccccc3)C(=O)O)[C@@H]3CCNC[C@@H]32)c1F. The quantitative estimate of drug-likeness (QED) is 0.844. The van der Waals surface area contributed by atoms with Crippen molar-refractivity contribution < 1.29 is 14.3 Å². The van der Waals surface area contributed by atoms with Crippen LogP contribution in [0.15, 0.2) is 48.5 Å². The van der Waals surface area contributed by atoms with E-state index in [9.17, 15) is 9.90 Å². The lowest BCUT2D eigenvalue weighted by atomic mass is 9.88. The summed E-state index contributed by atoms with van der Waals surface area (Å²) in [5, 5.41) is 13.2. The molecule has 2 aromatic carbocycles. The Morgan fingerprint density at radius 3 is 2.67 bits per heavy atom. The summed E-state index contributed by atoms with van der Waals surface area (Å²) in [7, 11) is 0. The third kappa shape index (κ3) is 3.10. The van der Waals surface area contributed by atoms with E-state index in [1.807, 2.05) is 42.5 Å². The van der Waals surface area contributed by atoms with Gasteiger partial charge in [-0.25, -0.2) is 9.18 Å². The number of rotatable bonds is 5. The molecule has 1 heterocycles. The fourth-order valence-electron chi connectivity index (χ4n) is 4.94. The highest BCUT2D eigenvalue weighted by Crippen LogP contribution is 2.63. The molecular formula is C22H25FN2O2. The molecule has 5 heteroatoms. The molecule has 1 saturated carbocycles. The van der Waals surface area contributed by atoms with Crippen LogP contribution in [-0.4, -0.2) is 35.7 Å². The number of hydrogen-bond donors (Lipinski definition) is 2. The van der Waals surface area contributed by atoms with Crippen molar-refractivity contribution in [2.75, 3.05) is 19.6 Å². The summed E-state index contributed by atoms with van der Waals surface area (Å²) < 4.78 is 15.1. The molecule has 2 N–H and O–H groups in total. The van der Waals surface area contributed by atoms with Gasteiger partial charge in [-0.2, -0.15) is 0 Å². The maximum absolute atomic E-state index is 15.1. The van der Waals surface area contributed by atoms with E-state index in [1.165, 1.54) is 4.90 Å². The summed E-state index contributed by atoms with van der Waals surface area (Å²) in [6.07, 6.45) is -0.000449. The summed E-state index contributed by atoms with van der Waals surface area (Å²) in [4.78, 5) is 13.5.